The van der Waals surface area contributed by atoms with E-state index in [0.717, 1.165) is 25.0 Å². The van der Waals surface area contributed by atoms with Crippen LogP contribution >= 0.6 is 0 Å². The summed E-state index contributed by atoms with van der Waals surface area (Å²) in [6, 6.07) is 0. The van der Waals surface area contributed by atoms with E-state index >= 15 is 0 Å². The maximum atomic E-state index is 11.3. The Labute approximate surface area is 260 Å². The molecule has 0 saturated heterocycles. The van der Waals surface area contributed by atoms with E-state index < -0.39 is 10.1 Å². The summed E-state index contributed by atoms with van der Waals surface area (Å²) in [4.78, 5) is 0. The van der Waals surface area contributed by atoms with Crippen molar-refractivity contribution >= 4 is 10.1 Å². The first-order valence-corrected chi connectivity index (χ1v) is 20.7. The molecule has 0 bridgehead atoms. The highest BCUT2D eigenvalue weighted by atomic mass is 32.2. The van der Waals surface area contributed by atoms with Crippen molar-refractivity contribution in [2.75, 3.05) is 12.9 Å². The van der Waals surface area contributed by atoms with Crippen LogP contribution in [0.25, 0.3) is 0 Å². The third-order valence-electron chi connectivity index (χ3n) is 8.99. The van der Waals surface area contributed by atoms with Crippen molar-refractivity contribution in [2.24, 2.45) is 5.92 Å². The molecule has 4 heteroatoms. The van der Waals surface area contributed by atoms with Crippen LogP contribution in [0.4, 0.5) is 0 Å². The van der Waals surface area contributed by atoms with Gasteiger partial charge in [0.1, 0.15) is 0 Å². The summed E-state index contributed by atoms with van der Waals surface area (Å²) in [5, 5.41) is 0. The van der Waals surface area contributed by atoms with Crippen LogP contribution < -0.4 is 0 Å². The van der Waals surface area contributed by atoms with Crippen molar-refractivity contribution in [1.82, 2.24) is 0 Å². The van der Waals surface area contributed by atoms with Crippen LogP contribution in [0.5, 0.6) is 0 Å². The van der Waals surface area contributed by atoms with Crippen LogP contribution in [0.3, 0.4) is 0 Å². The lowest BCUT2D eigenvalue weighted by Crippen LogP contribution is -2.07. The van der Waals surface area contributed by atoms with Gasteiger partial charge in [0.15, 0.2) is 0 Å². The lowest BCUT2D eigenvalue weighted by molar-refractivity contribution is 0.285. The molecule has 0 N–H and O–H groups in total. The lowest BCUT2D eigenvalue weighted by Gasteiger charge is -2.17. The fraction of sp³-hybridized carbons (Fsp3) is 1.00. The second-order valence-electron chi connectivity index (χ2n) is 13.3. The lowest BCUT2D eigenvalue weighted by atomic mass is 9.90. The fourth-order valence-corrected chi connectivity index (χ4v) is 6.69. The van der Waals surface area contributed by atoms with Gasteiger partial charge in [0.25, 0.3) is 10.1 Å². The summed E-state index contributed by atoms with van der Waals surface area (Å²) < 4.78 is 27.6. The zero-order valence-electron chi connectivity index (χ0n) is 28.5. The van der Waals surface area contributed by atoms with Gasteiger partial charge < -0.3 is 0 Å². The molecule has 0 heterocycles. The summed E-state index contributed by atoms with van der Waals surface area (Å²) in [5.41, 5.74) is 0. The van der Waals surface area contributed by atoms with E-state index in [1.165, 1.54) is 193 Å². The molecule has 0 fully saturated rings. The summed E-state index contributed by atoms with van der Waals surface area (Å²) >= 11 is 0. The Hall–Kier alpha value is -0.0900. The number of rotatable bonds is 35. The first kappa shape index (κ1) is 40.9. The maximum absolute atomic E-state index is 11.3. The molecule has 0 aromatic rings. The molecule has 0 aliphatic rings. The maximum Gasteiger partial charge on any atom is 0.264 e. The molecule has 0 aromatic heterocycles. The fourth-order valence-electron chi connectivity index (χ4n) is 6.27. The molecule has 0 aliphatic heterocycles. The molecule has 0 aromatic carbocycles. The predicted octanol–water partition coefficient (Wildman–Crippen LogP) is 13.1. The van der Waals surface area contributed by atoms with Gasteiger partial charge in [-0.1, -0.05) is 206 Å². The predicted molar refractivity (Wildman–Crippen MR) is 183 cm³/mol. The van der Waals surface area contributed by atoms with E-state index in [1.807, 2.05) is 0 Å². The molecular formula is C37H76O3S. The summed E-state index contributed by atoms with van der Waals surface area (Å²) in [5.74, 6) is 0.743. The van der Waals surface area contributed by atoms with Gasteiger partial charge in [0.05, 0.1) is 12.9 Å². The molecule has 0 atom stereocenters. The Morgan fingerprint density at radius 2 is 0.634 bits per heavy atom. The SMILES string of the molecule is CCCCCCCCCCCCCCCCC(CCCCCCCCCCCCCCCC)CCCOS(C)(=O)=O. The number of hydrogen-bond acceptors (Lipinski definition) is 3. The second kappa shape index (κ2) is 32.8. The number of hydrogen-bond donors (Lipinski definition) is 0. The third kappa shape index (κ3) is 36.0. The normalized spacial score (nSPS) is 12.1. The average Bonchev–Trinajstić information content (AvgIpc) is 2.94. The summed E-state index contributed by atoms with van der Waals surface area (Å²) in [7, 11) is -3.31. The van der Waals surface area contributed by atoms with Crippen molar-refractivity contribution in [2.45, 2.75) is 219 Å². The smallest absolute Gasteiger partial charge is 0.264 e. The Morgan fingerprint density at radius 1 is 0.390 bits per heavy atom. The van der Waals surface area contributed by atoms with Crippen LogP contribution in [0.2, 0.25) is 0 Å². The highest BCUT2D eigenvalue weighted by Gasteiger charge is 2.10. The first-order chi connectivity index (χ1) is 20.0. The van der Waals surface area contributed by atoms with E-state index in [4.69, 9.17) is 4.18 Å². The largest absolute Gasteiger partial charge is 0.270 e. The van der Waals surface area contributed by atoms with Gasteiger partial charge in [-0.15, -0.1) is 0 Å². The van der Waals surface area contributed by atoms with Crippen molar-refractivity contribution in [3.63, 3.8) is 0 Å². The van der Waals surface area contributed by atoms with Crippen LogP contribution in [0.1, 0.15) is 219 Å². The highest BCUT2D eigenvalue weighted by molar-refractivity contribution is 7.85. The average molecular weight is 601 g/mol. The second-order valence-corrected chi connectivity index (χ2v) is 14.9. The molecule has 0 saturated carbocycles. The topological polar surface area (TPSA) is 43.4 Å². The quantitative estimate of drug-likeness (QED) is 0.0537. The molecule has 41 heavy (non-hydrogen) atoms. The minimum absolute atomic E-state index is 0.354. The summed E-state index contributed by atoms with van der Waals surface area (Å²) in [6.45, 7) is 4.94. The molecule has 0 radical (unpaired) electrons. The molecular weight excluding hydrogens is 524 g/mol. The van der Waals surface area contributed by atoms with Crippen molar-refractivity contribution in [3.8, 4) is 0 Å². The molecule has 3 nitrogen and oxygen atoms in total. The van der Waals surface area contributed by atoms with Gasteiger partial charge in [-0.05, 0) is 18.8 Å². The van der Waals surface area contributed by atoms with E-state index in [0.29, 0.717) is 6.61 Å². The summed E-state index contributed by atoms with van der Waals surface area (Å²) in [6.07, 6.45) is 45.3. The van der Waals surface area contributed by atoms with Gasteiger partial charge >= 0.3 is 0 Å². The van der Waals surface area contributed by atoms with E-state index in [-0.39, 0.29) is 0 Å². The Bertz CT molecular complexity index is 557. The zero-order valence-corrected chi connectivity index (χ0v) is 29.4. The minimum Gasteiger partial charge on any atom is -0.270 e. The van der Waals surface area contributed by atoms with Gasteiger partial charge in [0.2, 0.25) is 0 Å². The van der Waals surface area contributed by atoms with E-state index in [1.54, 1.807) is 0 Å². The molecule has 0 rings (SSSR count). The van der Waals surface area contributed by atoms with Gasteiger partial charge in [-0.25, -0.2) is 0 Å². The molecule has 0 amide bonds. The Kier molecular flexibility index (Phi) is 32.7. The third-order valence-corrected chi connectivity index (χ3v) is 9.58. The Balaban J connectivity index is 3.80. The molecule has 248 valence electrons. The van der Waals surface area contributed by atoms with Crippen molar-refractivity contribution in [1.29, 1.82) is 0 Å². The standard InChI is InChI=1S/C37H76O3S/c1-4-6-8-10-12-14-16-18-20-22-24-26-28-30-33-37(35-32-36-40-41(3,38)39)34-31-29-27-25-23-21-19-17-15-13-11-9-7-5-2/h37H,4-36H2,1-3H3. The van der Waals surface area contributed by atoms with E-state index in [2.05, 4.69) is 13.8 Å². The number of unbranched alkanes of at least 4 members (excludes halogenated alkanes) is 26. The van der Waals surface area contributed by atoms with Crippen LogP contribution in [-0.2, 0) is 14.3 Å². The van der Waals surface area contributed by atoms with Gasteiger partial charge in [-0.2, -0.15) is 8.42 Å². The van der Waals surface area contributed by atoms with Crippen molar-refractivity contribution in [3.05, 3.63) is 0 Å². The highest BCUT2D eigenvalue weighted by Crippen LogP contribution is 2.24. The minimum atomic E-state index is -3.31. The molecule has 0 unspecified atom stereocenters. The van der Waals surface area contributed by atoms with Gasteiger partial charge in [0, 0.05) is 0 Å². The van der Waals surface area contributed by atoms with Crippen LogP contribution in [0.15, 0.2) is 0 Å². The molecule has 0 spiro atoms. The zero-order chi connectivity index (χ0) is 30.1. The van der Waals surface area contributed by atoms with Crippen LogP contribution in [-0.4, -0.2) is 21.3 Å². The van der Waals surface area contributed by atoms with Crippen molar-refractivity contribution < 1.29 is 12.6 Å². The van der Waals surface area contributed by atoms with E-state index in [9.17, 15) is 8.42 Å². The first-order valence-electron chi connectivity index (χ1n) is 18.8. The van der Waals surface area contributed by atoms with Gasteiger partial charge in [-0.3, -0.25) is 4.18 Å². The van der Waals surface area contributed by atoms with Crippen LogP contribution in [0, 0.1) is 5.92 Å². The Morgan fingerprint density at radius 3 is 0.902 bits per heavy atom. The molecule has 0 aliphatic carbocycles. The monoisotopic (exact) mass is 601 g/mol.